The minimum Gasteiger partial charge on any atom is -0.462 e. The van der Waals surface area contributed by atoms with Crippen molar-refractivity contribution in [3.63, 3.8) is 0 Å². The van der Waals surface area contributed by atoms with E-state index in [1.165, 1.54) is 0 Å². The predicted octanol–water partition coefficient (Wildman–Crippen LogP) is 1.51. The molecule has 0 saturated carbocycles. The van der Waals surface area contributed by atoms with Crippen molar-refractivity contribution >= 4 is 17.3 Å². The van der Waals surface area contributed by atoms with Gasteiger partial charge in [0.2, 0.25) is 0 Å². The third-order valence-electron chi connectivity index (χ3n) is 2.00. The van der Waals surface area contributed by atoms with Crippen molar-refractivity contribution in [2.75, 3.05) is 31.3 Å². The topological polar surface area (TPSA) is 55.6 Å². The molecule has 0 unspecified atom stereocenters. The third kappa shape index (κ3) is 2.62. The number of nitrogens with two attached hydrogens (primary N) is 1. The molecule has 0 radical (unpaired) electrons. The molecule has 0 bridgehead atoms. The molecule has 0 saturated heterocycles. The van der Waals surface area contributed by atoms with E-state index in [-0.39, 0.29) is 5.97 Å². The van der Waals surface area contributed by atoms with Crippen molar-refractivity contribution in [1.82, 2.24) is 0 Å². The maximum atomic E-state index is 11.6. The van der Waals surface area contributed by atoms with E-state index in [0.717, 1.165) is 5.69 Å². The molecule has 2 N–H and O–H groups in total. The molecule has 0 amide bonds. The Balaban J connectivity index is 3.12. The highest BCUT2D eigenvalue weighted by Gasteiger charge is 2.13. The molecule has 1 rings (SSSR count). The van der Waals surface area contributed by atoms with Gasteiger partial charge in [0.1, 0.15) is 0 Å². The summed E-state index contributed by atoms with van der Waals surface area (Å²) in [4.78, 5) is 13.5. The van der Waals surface area contributed by atoms with Gasteiger partial charge in [0, 0.05) is 19.8 Å². The molecule has 82 valence electrons. The zero-order valence-corrected chi connectivity index (χ0v) is 9.28. The van der Waals surface area contributed by atoms with Crippen LogP contribution in [0.25, 0.3) is 0 Å². The summed E-state index contributed by atoms with van der Waals surface area (Å²) in [5, 5.41) is 0. The zero-order valence-electron chi connectivity index (χ0n) is 9.28. The summed E-state index contributed by atoms with van der Waals surface area (Å²) in [6.07, 6.45) is 0. The monoisotopic (exact) mass is 208 g/mol. The van der Waals surface area contributed by atoms with Crippen molar-refractivity contribution in [3.05, 3.63) is 23.8 Å². The van der Waals surface area contributed by atoms with Gasteiger partial charge < -0.3 is 15.4 Å². The van der Waals surface area contributed by atoms with Crippen LogP contribution in [-0.2, 0) is 4.74 Å². The lowest BCUT2D eigenvalue weighted by atomic mass is 10.1. The molecule has 4 nitrogen and oxygen atoms in total. The molecule has 0 spiro atoms. The first-order valence-electron chi connectivity index (χ1n) is 4.80. The fourth-order valence-corrected chi connectivity index (χ4v) is 1.32. The third-order valence-corrected chi connectivity index (χ3v) is 2.00. The lowest BCUT2D eigenvalue weighted by molar-refractivity contribution is 0.0527. The summed E-state index contributed by atoms with van der Waals surface area (Å²) in [6, 6.07) is 5.20. The largest absolute Gasteiger partial charge is 0.462 e. The quantitative estimate of drug-likeness (QED) is 0.604. The number of carbonyl (C=O) groups excluding carboxylic acids is 1. The molecule has 0 fully saturated rings. The van der Waals surface area contributed by atoms with Gasteiger partial charge in [-0.1, -0.05) is 0 Å². The summed E-state index contributed by atoms with van der Waals surface area (Å²) in [5.41, 5.74) is 7.50. The molecule has 1 aromatic rings. The average molecular weight is 208 g/mol. The zero-order chi connectivity index (χ0) is 11.4. The Morgan fingerprint density at radius 2 is 2.13 bits per heavy atom. The summed E-state index contributed by atoms with van der Waals surface area (Å²) in [5.74, 6) is -0.339. The number of ether oxygens (including phenoxy) is 1. The van der Waals surface area contributed by atoms with E-state index in [1.54, 1.807) is 19.1 Å². The van der Waals surface area contributed by atoms with Crippen LogP contribution in [0.5, 0.6) is 0 Å². The van der Waals surface area contributed by atoms with Crippen molar-refractivity contribution in [1.29, 1.82) is 0 Å². The minimum absolute atomic E-state index is 0.339. The molecular weight excluding hydrogens is 192 g/mol. The Morgan fingerprint density at radius 3 is 2.67 bits per heavy atom. The van der Waals surface area contributed by atoms with Gasteiger partial charge in [-0.15, -0.1) is 0 Å². The van der Waals surface area contributed by atoms with E-state index in [1.807, 2.05) is 25.1 Å². The van der Waals surface area contributed by atoms with Gasteiger partial charge in [-0.3, -0.25) is 0 Å². The summed E-state index contributed by atoms with van der Waals surface area (Å²) >= 11 is 0. The van der Waals surface area contributed by atoms with Gasteiger partial charge in [0.15, 0.2) is 0 Å². The van der Waals surface area contributed by atoms with Gasteiger partial charge >= 0.3 is 5.97 Å². The van der Waals surface area contributed by atoms with Crippen molar-refractivity contribution in [2.24, 2.45) is 0 Å². The number of carbonyl (C=O) groups is 1. The standard InChI is InChI=1S/C11H16N2O2/c1-4-15-11(14)9-7-8(12)5-6-10(9)13(2)3/h5-7H,4,12H2,1-3H3. The van der Waals surface area contributed by atoms with Crippen molar-refractivity contribution in [3.8, 4) is 0 Å². The highest BCUT2D eigenvalue weighted by Crippen LogP contribution is 2.22. The SMILES string of the molecule is CCOC(=O)c1cc(N)ccc1N(C)C. The number of esters is 1. The highest BCUT2D eigenvalue weighted by molar-refractivity contribution is 5.96. The second-order valence-corrected chi connectivity index (χ2v) is 3.39. The Kier molecular flexibility index (Phi) is 3.55. The molecule has 15 heavy (non-hydrogen) atoms. The van der Waals surface area contributed by atoms with Crippen LogP contribution in [0.3, 0.4) is 0 Å². The van der Waals surface area contributed by atoms with Crippen LogP contribution in [-0.4, -0.2) is 26.7 Å². The molecule has 0 atom stereocenters. The fourth-order valence-electron chi connectivity index (χ4n) is 1.32. The van der Waals surface area contributed by atoms with Gasteiger partial charge in [-0.2, -0.15) is 0 Å². The minimum atomic E-state index is -0.339. The maximum absolute atomic E-state index is 11.6. The predicted molar refractivity (Wildman–Crippen MR) is 61.1 cm³/mol. The van der Waals surface area contributed by atoms with Crippen LogP contribution in [0.15, 0.2) is 18.2 Å². The van der Waals surface area contributed by atoms with Crippen LogP contribution in [0.2, 0.25) is 0 Å². The lowest BCUT2D eigenvalue weighted by Gasteiger charge is -2.16. The summed E-state index contributed by atoms with van der Waals surface area (Å²) < 4.78 is 4.95. The first kappa shape index (κ1) is 11.4. The highest BCUT2D eigenvalue weighted by atomic mass is 16.5. The van der Waals surface area contributed by atoms with E-state index >= 15 is 0 Å². The van der Waals surface area contributed by atoms with Crippen molar-refractivity contribution in [2.45, 2.75) is 6.92 Å². The van der Waals surface area contributed by atoms with Gasteiger partial charge in [-0.05, 0) is 25.1 Å². The van der Waals surface area contributed by atoms with E-state index in [4.69, 9.17) is 10.5 Å². The Labute approximate surface area is 89.6 Å². The normalized spacial score (nSPS) is 9.80. The van der Waals surface area contributed by atoms with Gasteiger partial charge in [0.05, 0.1) is 17.9 Å². The number of hydrogen-bond acceptors (Lipinski definition) is 4. The van der Waals surface area contributed by atoms with Gasteiger partial charge in [0.25, 0.3) is 0 Å². The second kappa shape index (κ2) is 4.68. The Hall–Kier alpha value is -1.71. The van der Waals surface area contributed by atoms with Crippen LogP contribution >= 0.6 is 0 Å². The number of rotatable bonds is 3. The molecular formula is C11H16N2O2. The average Bonchev–Trinajstić information content (AvgIpc) is 2.17. The maximum Gasteiger partial charge on any atom is 0.340 e. The molecule has 0 aliphatic rings. The van der Waals surface area contributed by atoms with E-state index < -0.39 is 0 Å². The van der Waals surface area contributed by atoms with E-state index in [0.29, 0.717) is 17.9 Å². The van der Waals surface area contributed by atoms with E-state index in [2.05, 4.69) is 0 Å². The molecule has 4 heteroatoms. The van der Waals surface area contributed by atoms with Crippen molar-refractivity contribution < 1.29 is 9.53 Å². The van der Waals surface area contributed by atoms with Crippen LogP contribution in [0, 0.1) is 0 Å². The van der Waals surface area contributed by atoms with Crippen LogP contribution in [0.1, 0.15) is 17.3 Å². The summed E-state index contributed by atoms with van der Waals surface area (Å²) in [7, 11) is 3.74. The first-order valence-corrected chi connectivity index (χ1v) is 4.80. The van der Waals surface area contributed by atoms with E-state index in [9.17, 15) is 4.79 Å². The number of nitrogen functional groups attached to an aromatic ring is 1. The molecule has 1 aromatic carbocycles. The molecule has 0 aliphatic heterocycles. The lowest BCUT2D eigenvalue weighted by Crippen LogP contribution is -2.15. The van der Waals surface area contributed by atoms with Crippen LogP contribution in [0.4, 0.5) is 11.4 Å². The Morgan fingerprint density at radius 1 is 1.47 bits per heavy atom. The number of anilines is 2. The van der Waals surface area contributed by atoms with Gasteiger partial charge in [-0.25, -0.2) is 4.79 Å². The fraction of sp³-hybridized carbons (Fsp3) is 0.364. The smallest absolute Gasteiger partial charge is 0.340 e. The second-order valence-electron chi connectivity index (χ2n) is 3.39. The first-order chi connectivity index (χ1) is 7.06. The number of hydrogen-bond donors (Lipinski definition) is 1. The number of benzene rings is 1. The Bertz CT molecular complexity index is 362. The number of nitrogens with zero attached hydrogens (tertiary/aromatic N) is 1. The summed E-state index contributed by atoms with van der Waals surface area (Å²) in [6.45, 7) is 2.14. The molecule has 0 aromatic heterocycles. The molecule has 0 aliphatic carbocycles. The van der Waals surface area contributed by atoms with Crippen LogP contribution < -0.4 is 10.6 Å². The molecule has 0 heterocycles.